The Bertz CT molecular complexity index is 556. The topological polar surface area (TPSA) is 74.7 Å². The average molecular weight is 292 g/mol. The molecule has 0 atom stereocenters. The Hall–Kier alpha value is -1.11. The van der Waals surface area contributed by atoms with E-state index in [1.54, 1.807) is 25.1 Å². The first kappa shape index (κ1) is 14.9. The van der Waals surface area contributed by atoms with Crippen LogP contribution in [0.5, 0.6) is 0 Å². The van der Waals surface area contributed by atoms with Gasteiger partial charge >= 0.3 is 5.97 Å². The summed E-state index contributed by atoms with van der Waals surface area (Å²) in [5.41, 5.74) is 1.25. The van der Waals surface area contributed by atoms with Gasteiger partial charge in [0.15, 0.2) is 0 Å². The minimum absolute atomic E-state index is 0.308. The molecular weight excluding hydrogens is 278 g/mol. The van der Waals surface area contributed by atoms with Crippen molar-refractivity contribution in [1.82, 2.24) is 4.31 Å². The summed E-state index contributed by atoms with van der Waals surface area (Å²) in [5, 5.41) is 8.97. The fraction of sp³-hybridized carbons (Fsp3) is 0.364. The van der Waals surface area contributed by atoms with Crippen LogP contribution in [0.2, 0.25) is 5.02 Å². The number of carboxylic acids is 1. The number of nitrogens with zero attached hydrogens (tertiary/aromatic N) is 1. The molecule has 1 N–H and O–H groups in total. The van der Waals surface area contributed by atoms with Crippen molar-refractivity contribution in [1.29, 1.82) is 0 Å². The molecule has 0 radical (unpaired) electrons. The molecule has 100 valence electrons. The van der Waals surface area contributed by atoms with E-state index in [1.807, 2.05) is 0 Å². The zero-order valence-corrected chi connectivity index (χ0v) is 11.6. The Morgan fingerprint density at radius 3 is 2.61 bits per heavy atom. The normalized spacial score (nSPS) is 11.8. The van der Waals surface area contributed by atoms with Crippen molar-refractivity contribution >= 4 is 27.6 Å². The maximum atomic E-state index is 11.9. The van der Waals surface area contributed by atoms with Gasteiger partial charge in [0, 0.05) is 12.1 Å². The number of aliphatic carboxylic acids is 1. The molecule has 18 heavy (non-hydrogen) atoms. The van der Waals surface area contributed by atoms with Gasteiger partial charge < -0.3 is 5.11 Å². The van der Waals surface area contributed by atoms with Gasteiger partial charge in [-0.25, -0.2) is 8.42 Å². The number of benzene rings is 1. The average Bonchev–Trinajstić information content (AvgIpc) is 2.23. The lowest BCUT2D eigenvalue weighted by Gasteiger charge is -2.15. The minimum Gasteiger partial charge on any atom is -0.480 e. The zero-order valence-electron chi connectivity index (χ0n) is 10.1. The fourth-order valence-electron chi connectivity index (χ4n) is 1.42. The van der Waals surface area contributed by atoms with E-state index in [-0.39, 0.29) is 5.75 Å². The molecule has 5 nitrogen and oxygen atoms in total. The van der Waals surface area contributed by atoms with Crippen molar-refractivity contribution in [2.75, 3.05) is 13.6 Å². The summed E-state index contributed by atoms with van der Waals surface area (Å²) >= 11 is 6.01. The highest BCUT2D eigenvalue weighted by Crippen LogP contribution is 2.22. The highest BCUT2D eigenvalue weighted by atomic mass is 35.5. The van der Waals surface area contributed by atoms with Crippen LogP contribution in [-0.2, 0) is 20.6 Å². The summed E-state index contributed by atoms with van der Waals surface area (Å²) in [6.45, 7) is 1.21. The molecule has 0 saturated carbocycles. The molecule has 1 aromatic carbocycles. The molecule has 0 aliphatic rings. The van der Waals surface area contributed by atoms with Gasteiger partial charge in [-0.1, -0.05) is 29.8 Å². The third-order valence-electron chi connectivity index (χ3n) is 2.44. The van der Waals surface area contributed by atoms with Crippen molar-refractivity contribution in [3.63, 3.8) is 0 Å². The predicted molar refractivity (Wildman–Crippen MR) is 69.1 cm³/mol. The molecule has 7 heteroatoms. The Morgan fingerprint density at radius 2 is 2.06 bits per heavy atom. The van der Waals surface area contributed by atoms with Gasteiger partial charge in [-0.2, -0.15) is 4.31 Å². The molecule has 0 saturated heterocycles. The van der Waals surface area contributed by atoms with E-state index in [0.717, 1.165) is 9.87 Å². The Kier molecular flexibility index (Phi) is 4.72. The SMILES string of the molecule is Cc1cccc(CS(=O)(=O)N(C)CC(=O)O)c1Cl. The van der Waals surface area contributed by atoms with E-state index in [1.165, 1.54) is 7.05 Å². The lowest BCUT2D eigenvalue weighted by molar-refractivity contribution is -0.137. The summed E-state index contributed by atoms with van der Waals surface area (Å²) in [7, 11) is -2.45. The summed E-state index contributed by atoms with van der Waals surface area (Å²) in [6, 6.07) is 5.10. The number of aryl methyl sites for hydroxylation is 1. The number of carbonyl (C=O) groups is 1. The standard InChI is InChI=1S/C11H14ClNO4S/c1-8-4-3-5-9(11(8)12)7-18(16,17)13(2)6-10(14)15/h3-5H,6-7H2,1-2H3,(H,14,15). The van der Waals surface area contributed by atoms with Crippen LogP contribution in [0.3, 0.4) is 0 Å². The van der Waals surface area contributed by atoms with Gasteiger partial charge in [-0.3, -0.25) is 4.79 Å². The first-order valence-electron chi connectivity index (χ1n) is 5.14. The summed E-state index contributed by atoms with van der Waals surface area (Å²) in [6.07, 6.45) is 0. The van der Waals surface area contributed by atoms with Gasteiger partial charge in [0.2, 0.25) is 10.0 Å². The molecular formula is C11H14ClNO4S. The van der Waals surface area contributed by atoms with E-state index in [4.69, 9.17) is 16.7 Å². The van der Waals surface area contributed by atoms with Crippen LogP contribution in [0, 0.1) is 6.92 Å². The quantitative estimate of drug-likeness (QED) is 0.892. The van der Waals surface area contributed by atoms with Crippen LogP contribution in [0.15, 0.2) is 18.2 Å². The zero-order chi connectivity index (χ0) is 13.9. The lowest BCUT2D eigenvalue weighted by atomic mass is 10.2. The predicted octanol–water partition coefficient (Wildman–Crippen LogP) is 1.49. The van der Waals surface area contributed by atoms with Crippen LogP contribution in [-0.4, -0.2) is 37.4 Å². The largest absolute Gasteiger partial charge is 0.480 e. The van der Waals surface area contributed by atoms with E-state index in [0.29, 0.717) is 10.6 Å². The number of halogens is 1. The van der Waals surface area contributed by atoms with Gasteiger partial charge in [0.1, 0.15) is 6.54 Å². The molecule has 0 bridgehead atoms. The summed E-state index contributed by atoms with van der Waals surface area (Å²) < 4.78 is 24.6. The van der Waals surface area contributed by atoms with Crippen molar-refractivity contribution in [2.24, 2.45) is 0 Å². The van der Waals surface area contributed by atoms with Crippen molar-refractivity contribution in [3.8, 4) is 0 Å². The Balaban J connectivity index is 2.96. The smallest absolute Gasteiger partial charge is 0.318 e. The first-order chi connectivity index (χ1) is 8.24. The number of sulfonamides is 1. The maximum absolute atomic E-state index is 11.9. The Labute approximate surface area is 111 Å². The van der Waals surface area contributed by atoms with Gasteiger partial charge in [-0.15, -0.1) is 0 Å². The second-order valence-corrected chi connectivity index (χ2v) is 6.41. The van der Waals surface area contributed by atoms with Crippen molar-refractivity contribution in [2.45, 2.75) is 12.7 Å². The fourth-order valence-corrected chi connectivity index (χ4v) is 2.85. The van der Waals surface area contributed by atoms with Crippen LogP contribution >= 0.6 is 11.6 Å². The molecule has 0 fully saturated rings. The number of hydrogen-bond acceptors (Lipinski definition) is 3. The summed E-state index contributed by atoms with van der Waals surface area (Å²) in [5.74, 6) is -1.51. The molecule has 0 amide bonds. The Morgan fingerprint density at radius 1 is 1.44 bits per heavy atom. The maximum Gasteiger partial charge on any atom is 0.318 e. The molecule has 0 aliphatic heterocycles. The summed E-state index contributed by atoms with van der Waals surface area (Å²) in [4.78, 5) is 10.5. The molecule has 0 unspecified atom stereocenters. The van der Waals surface area contributed by atoms with E-state index >= 15 is 0 Å². The van der Waals surface area contributed by atoms with Gasteiger partial charge in [0.25, 0.3) is 0 Å². The van der Waals surface area contributed by atoms with E-state index in [2.05, 4.69) is 0 Å². The monoisotopic (exact) mass is 291 g/mol. The van der Waals surface area contributed by atoms with Crippen molar-refractivity contribution < 1.29 is 18.3 Å². The molecule has 1 aromatic rings. The molecule has 0 spiro atoms. The molecule has 1 rings (SSSR count). The van der Waals surface area contributed by atoms with E-state index in [9.17, 15) is 13.2 Å². The first-order valence-corrected chi connectivity index (χ1v) is 7.12. The highest BCUT2D eigenvalue weighted by molar-refractivity contribution is 7.88. The molecule has 0 aromatic heterocycles. The molecule has 0 heterocycles. The second-order valence-electron chi connectivity index (χ2n) is 3.95. The van der Waals surface area contributed by atoms with Crippen LogP contribution in [0.1, 0.15) is 11.1 Å². The van der Waals surface area contributed by atoms with Gasteiger partial charge in [-0.05, 0) is 18.1 Å². The highest BCUT2D eigenvalue weighted by Gasteiger charge is 2.22. The lowest BCUT2D eigenvalue weighted by Crippen LogP contribution is -2.33. The van der Waals surface area contributed by atoms with Crippen molar-refractivity contribution in [3.05, 3.63) is 34.3 Å². The van der Waals surface area contributed by atoms with E-state index < -0.39 is 22.5 Å². The van der Waals surface area contributed by atoms with Crippen LogP contribution < -0.4 is 0 Å². The van der Waals surface area contributed by atoms with Crippen LogP contribution in [0.25, 0.3) is 0 Å². The van der Waals surface area contributed by atoms with Crippen LogP contribution in [0.4, 0.5) is 0 Å². The molecule has 0 aliphatic carbocycles. The number of hydrogen-bond donors (Lipinski definition) is 1. The third-order valence-corrected chi connectivity index (χ3v) is 4.74. The number of likely N-dealkylation sites (N-methyl/N-ethyl adjacent to an activating group) is 1. The third kappa shape index (κ3) is 3.69. The number of carboxylic acid groups (broad SMARTS) is 1. The number of rotatable bonds is 5. The minimum atomic E-state index is -3.68. The second kappa shape index (κ2) is 5.69. The van der Waals surface area contributed by atoms with Gasteiger partial charge in [0.05, 0.1) is 5.75 Å².